The number of rotatable bonds is 6. The van der Waals surface area contributed by atoms with Gasteiger partial charge in [-0.15, -0.1) is 0 Å². The van der Waals surface area contributed by atoms with Crippen molar-refractivity contribution in [3.05, 3.63) is 29.8 Å². The van der Waals surface area contributed by atoms with Crippen molar-refractivity contribution in [2.24, 2.45) is 5.73 Å². The molecular formula is C15H23FN4. The van der Waals surface area contributed by atoms with E-state index in [2.05, 4.69) is 28.5 Å². The van der Waals surface area contributed by atoms with E-state index in [9.17, 15) is 4.39 Å². The maximum atomic E-state index is 13.3. The lowest BCUT2D eigenvalue weighted by Gasteiger charge is -2.15. The largest absolute Gasteiger partial charge is 0.327 e. The molecule has 1 aromatic carbocycles. The van der Waals surface area contributed by atoms with Crippen LogP contribution in [0, 0.1) is 5.82 Å². The van der Waals surface area contributed by atoms with Crippen LogP contribution in [0.3, 0.4) is 0 Å². The molecule has 5 heteroatoms. The van der Waals surface area contributed by atoms with E-state index in [1.807, 2.05) is 6.92 Å². The van der Waals surface area contributed by atoms with Gasteiger partial charge in [0.15, 0.2) is 0 Å². The van der Waals surface area contributed by atoms with Crippen LogP contribution in [0.25, 0.3) is 11.0 Å². The lowest BCUT2D eigenvalue weighted by molar-refractivity contribution is 0.384. The number of aromatic nitrogens is 2. The Bertz CT molecular complexity index is 577. The van der Waals surface area contributed by atoms with E-state index in [1.165, 1.54) is 12.1 Å². The van der Waals surface area contributed by atoms with Crippen LogP contribution in [0.5, 0.6) is 0 Å². The minimum absolute atomic E-state index is 0.107. The second-order valence-electron chi connectivity index (χ2n) is 5.43. The maximum absolute atomic E-state index is 13.3. The third-order valence-corrected chi connectivity index (χ3v) is 3.50. The lowest BCUT2D eigenvalue weighted by Crippen LogP contribution is -2.19. The summed E-state index contributed by atoms with van der Waals surface area (Å²) in [5.74, 6) is 0.596. The Labute approximate surface area is 119 Å². The summed E-state index contributed by atoms with van der Waals surface area (Å²) < 4.78 is 15.5. The zero-order chi connectivity index (χ0) is 14.7. The number of nitrogens with zero attached hydrogens (tertiary/aromatic N) is 3. The molecule has 0 aliphatic heterocycles. The number of aryl methyl sites for hydroxylation is 1. The minimum atomic E-state index is -0.257. The van der Waals surface area contributed by atoms with Crippen molar-refractivity contribution in [1.82, 2.24) is 14.5 Å². The molecule has 2 rings (SSSR count). The van der Waals surface area contributed by atoms with Crippen LogP contribution < -0.4 is 5.73 Å². The quantitative estimate of drug-likeness (QED) is 0.883. The molecule has 110 valence electrons. The van der Waals surface area contributed by atoms with Crippen LogP contribution in [-0.4, -0.2) is 35.1 Å². The monoisotopic (exact) mass is 278 g/mol. The van der Waals surface area contributed by atoms with Crippen LogP contribution in [0.15, 0.2) is 18.2 Å². The highest BCUT2D eigenvalue weighted by molar-refractivity contribution is 5.76. The molecule has 0 spiro atoms. The summed E-state index contributed by atoms with van der Waals surface area (Å²) in [6.07, 6.45) is 1.83. The first-order valence-corrected chi connectivity index (χ1v) is 7.09. The van der Waals surface area contributed by atoms with Gasteiger partial charge in [-0.25, -0.2) is 9.37 Å². The number of imidazole rings is 1. The summed E-state index contributed by atoms with van der Waals surface area (Å²) in [6.45, 7) is 3.89. The molecule has 2 aromatic rings. The topological polar surface area (TPSA) is 47.1 Å². The van der Waals surface area contributed by atoms with Gasteiger partial charge in [-0.05, 0) is 45.6 Å². The van der Waals surface area contributed by atoms with E-state index < -0.39 is 0 Å². The Kier molecular flexibility index (Phi) is 4.73. The molecule has 1 aromatic heterocycles. The zero-order valence-corrected chi connectivity index (χ0v) is 12.4. The van der Waals surface area contributed by atoms with Gasteiger partial charge in [0.25, 0.3) is 0 Å². The fourth-order valence-electron chi connectivity index (χ4n) is 2.37. The summed E-state index contributed by atoms with van der Waals surface area (Å²) in [7, 11) is 4.11. The van der Waals surface area contributed by atoms with Crippen molar-refractivity contribution in [3.63, 3.8) is 0 Å². The molecule has 0 bridgehead atoms. The van der Waals surface area contributed by atoms with Crippen LogP contribution in [0.2, 0.25) is 0 Å². The van der Waals surface area contributed by atoms with Crippen molar-refractivity contribution in [2.45, 2.75) is 32.4 Å². The van der Waals surface area contributed by atoms with Gasteiger partial charge in [0.2, 0.25) is 0 Å². The first-order chi connectivity index (χ1) is 9.52. The molecule has 0 saturated heterocycles. The predicted molar refractivity (Wildman–Crippen MR) is 80.1 cm³/mol. The van der Waals surface area contributed by atoms with E-state index in [0.717, 1.165) is 37.3 Å². The second-order valence-corrected chi connectivity index (χ2v) is 5.43. The molecule has 0 saturated carbocycles. The molecule has 1 heterocycles. The fourth-order valence-corrected chi connectivity index (χ4v) is 2.37. The van der Waals surface area contributed by atoms with Gasteiger partial charge in [0.1, 0.15) is 11.6 Å². The molecular weight excluding hydrogens is 255 g/mol. The summed E-state index contributed by atoms with van der Waals surface area (Å²) in [4.78, 5) is 6.68. The molecule has 0 aliphatic carbocycles. The van der Waals surface area contributed by atoms with E-state index in [-0.39, 0.29) is 11.9 Å². The Balaban J connectivity index is 2.36. The Morgan fingerprint density at radius 3 is 2.80 bits per heavy atom. The molecule has 1 atom stereocenters. The molecule has 20 heavy (non-hydrogen) atoms. The third-order valence-electron chi connectivity index (χ3n) is 3.50. The van der Waals surface area contributed by atoms with Crippen molar-refractivity contribution < 1.29 is 4.39 Å². The van der Waals surface area contributed by atoms with Crippen molar-refractivity contribution in [2.75, 3.05) is 20.6 Å². The van der Waals surface area contributed by atoms with Gasteiger partial charge in [0.05, 0.1) is 17.1 Å². The van der Waals surface area contributed by atoms with Gasteiger partial charge < -0.3 is 15.2 Å². The summed E-state index contributed by atoms with van der Waals surface area (Å²) in [5, 5.41) is 0. The smallest absolute Gasteiger partial charge is 0.126 e. The fraction of sp³-hybridized carbons (Fsp3) is 0.533. The third kappa shape index (κ3) is 3.16. The molecule has 0 aliphatic rings. The maximum Gasteiger partial charge on any atom is 0.126 e. The Hall–Kier alpha value is -1.46. The highest BCUT2D eigenvalue weighted by Gasteiger charge is 2.16. The second kappa shape index (κ2) is 6.33. The number of fused-ring (bicyclic) bond motifs is 1. The molecule has 0 fully saturated rings. The summed E-state index contributed by atoms with van der Waals surface area (Å²) in [6, 6.07) is 4.64. The van der Waals surface area contributed by atoms with Crippen LogP contribution in [-0.2, 0) is 6.54 Å². The van der Waals surface area contributed by atoms with E-state index in [4.69, 9.17) is 5.73 Å². The van der Waals surface area contributed by atoms with Gasteiger partial charge in [-0.2, -0.15) is 0 Å². The van der Waals surface area contributed by atoms with E-state index >= 15 is 0 Å². The Morgan fingerprint density at radius 2 is 2.15 bits per heavy atom. The van der Waals surface area contributed by atoms with E-state index in [0.29, 0.717) is 5.52 Å². The van der Waals surface area contributed by atoms with Crippen molar-refractivity contribution in [3.8, 4) is 0 Å². The predicted octanol–water partition coefficient (Wildman–Crippen LogP) is 2.54. The molecule has 1 unspecified atom stereocenters. The van der Waals surface area contributed by atoms with Crippen LogP contribution in [0.4, 0.5) is 4.39 Å². The highest BCUT2D eigenvalue weighted by Crippen LogP contribution is 2.22. The van der Waals surface area contributed by atoms with Gasteiger partial charge in [-0.3, -0.25) is 0 Å². The van der Waals surface area contributed by atoms with Gasteiger partial charge >= 0.3 is 0 Å². The Morgan fingerprint density at radius 1 is 1.40 bits per heavy atom. The molecule has 0 amide bonds. The SMILES string of the molecule is CCC(N)c1nc2cc(F)ccc2n1CCCN(C)C. The number of halogens is 1. The highest BCUT2D eigenvalue weighted by atomic mass is 19.1. The number of nitrogens with two attached hydrogens (primary N) is 1. The summed E-state index contributed by atoms with van der Waals surface area (Å²) >= 11 is 0. The van der Waals surface area contributed by atoms with Gasteiger partial charge in [0, 0.05) is 12.6 Å². The standard InChI is InChI=1S/C15H23FN4/c1-4-12(17)15-18-13-10-11(16)6-7-14(13)20(15)9-5-8-19(2)3/h6-7,10,12H,4-5,8-9,17H2,1-3H3. The first kappa shape index (κ1) is 14.9. The lowest BCUT2D eigenvalue weighted by atomic mass is 10.2. The van der Waals surface area contributed by atoms with E-state index in [1.54, 1.807) is 6.07 Å². The average Bonchev–Trinajstić information content (AvgIpc) is 2.75. The molecule has 4 nitrogen and oxygen atoms in total. The number of benzene rings is 1. The molecule has 0 radical (unpaired) electrons. The molecule has 2 N–H and O–H groups in total. The average molecular weight is 278 g/mol. The summed E-state index contributed by atoms with van der Waals surface area (Å²) in [5.41, 5.74) is 7.79. The van der Waals surface area contributed by atoms with Crippen molar-refractivity contribution >= 4 is 11.0 Å². The van der Waals surface area contributed by atoms with Crippen LogP contribution in [0.1, 0.15) is 31.6 Å². The zero-order valence-electron chi connectivity index (χ0n) is 12.4. The van der Waals surface area contributed by atoms with Crippen LogP contribution >= 0.6 is 0 Å². The first-order valence-electron chi connectivity index (χ1n) is 7.09. The number of hydrogen-bond donors (Lipinski definition) is 1. The van der Waals surface area contributed by atoms with Gasteiger partial charge in [-0.1, -0.05) is 6.92 Å². The van der Waals surface area contributed by atoms with Crippen molar-refractivity contribution in [1.29, 1.82) is 0 Å². The normalized spacial score (nSPS) is 13.3. The minimum Gasteiger partial charge on any atom is -0.327 e. The number of hydrogen-bond acceptors (Lipinski definition) is 3.